The smallest absolute Gasteiger partial charge is 0.278 e. The summed E-state index contributed by atoms with van der Waals surface area (Å²) < 4.78 is 5.71. The number of aromatic nitrogens is 1. The highest BCUT2D eigenvalue weighted by Gasteiger charge is 2.40. The molecule has 0 radical (unpaired) electrons. The number of carbonyl (C=O) groups is 1. The summed E-state index contributed by atoms with van der Waals surface area (Å²) in [5, 5.41) is 3.88. The van der Waals surface area contributed by atoms with Crippen molar-refractivity contribution in [2.75, 3.05) is 13.1 Å². The van der Waals surface area contributed by atoms with Gasteiger partial charge in [-0.15, -0.1) is 0 Å². The normalized spacial score (nSPS) is 27.9. The van der Waals surface area contributed by atoms with E-state index in [1.54, 1.807) is 6.20 Å². The van der Waals surface area contributed by atoms with Gasteiger partial charge in [0, 0.05) is 28.7 Å². The Labute approximate surface area is 152 Å². The van der Waals surface area contributed by atoms with Crippen LogP contribution in [0.2, 0.25) is 0 Å². The van der Waals surface area contributed by atoms with E-state index in [0.717, 1.165) is 4.88 Å². The third-order valence-electron chi connectivity index (χ3n) is 5.40. The fourth-order valence-corrected chi connectivity index (χ4v) is 4.56. The average molecular weight is 357 g/mol. The van der Waals surface area contributed by atoms with E-state index < -0.39 is 0 Å². The molecule has 4 heterocycles. The molecule has 2 bridgehead atoms. The summed E-state index contributed by atoms with van der Waals surface area (Å²) in [5.41, 5.74) is 0.673. The number of hydrogen-bond donors (Lipinski definition) is 1. The summed E-state index contributed by atoms with van der Waals surface area (Å²) >= 11 is 1.51. The lowest BCUT2D eigenvalue weighted by molar-refractivity contribution is 0.0217. The molecule has 0 spiro atoms. The van der Waals surface area contributed by atoms with Crippen molar-refractivity contribution in [1.29, 1.82) is 0 Å². The van der Waals surface area contributed by atoms with Gasteiger partial charge in [-0.1, -0.05) is 11.3 Å². The molecular weight excluding hydrogens is 334 g/mol. The highest BCUT2D eigenvalue weighted by molar-refractivity contribution is 7.13. The number of piperidine rings is 3. The molecule has 5 nitrogen and oxygen atoms in total. The Hall–Kier alpha value is -1.92. The second kappa shape index (κ2) is 6.77. The van der Waals surface area contributed by atoms with Crippen molar-refractivity contribution < 1.29 is 9.53 Å². The van der Waals surface area contributed by atoms with Crippen molar-refractivity contribution in [1.82, 2.24) is 15.2 Å². The second-order valence-electron chi connectivity index (χ2n) is 6.98. The maximum absolute atomic E-state index is 12.6. The van der Waals surface area contributed by atoms with E-state index in [9.17, 15) is 4.79 Å². The van der Waals surface area contributed by atoms with Crippen molar-refractivity contribution in [3.8, 4) is 10.9 Å². The predicted octanol–water partition coefficient (Wildman–Crippen LogP) is 3.46. The van der Waals surface area contributed by atoms with Crippen LogP contribution in [0.25, 0.3) is 0 Å². The second-order valence-corrected chi connectivity index (χ2v) is 8.17. The van der Waals surface area contributed by atoms with Crippen molar-refractivity contribution in [3.05, 3.63) is 40.9 Å². The highest BCUT2D eigenvalue weighted by Crippen LogP contribution is 2.32. The van der Waals surface area contributed by atoms with E-state index in [1.165, 1.54) is 37.3 Å². The van der Waals surface area contributed by atoms with E-state index in [2.05, 4.69) is 22.1 Å². The van der Waals surface area contributed by atoms with Crippen LogP contribution in [0.15, 0.2) is 30.5 Å². The van der Waals surface area contributed by atoms with Gasteiger partial charge in [0.05, 0.1) is 0 Å². The summed E-state index contributed by atoms with van der Waals surface area (Å²) in [6, 6.07) is 7.96. The van der Waals surface area contributed by atoms with E-state index >= 15 is 0 Å². The summed E-state index contributed by atoms with van der Waals surface area (Å²) in [5.74, 6) is 1.31. The molecule has 1 aromatic carbocycles. The third-order valence-corrected chi connectivity index (χ3v) is 6.19. The molecule has 3 fully saturated rings. The molecule has 25 heavy (non-hydrogen) atoms. The third kappa shape index (κ3) is 3.41. The van der Waals surface area contributed by atoms with Gasteiger partial charge in [0.15, 0.2) is 0 Å². The van der Waals surface area contributed by atoms with E-state index in [1.807, 2.05) is 31.2 Å². The largest absolute Gasteiger partial charge is 0.431 e. The van der Waals surface area contributed by atoms with Crippen LogP contribution in [-0.4, -0.2) is 41.0 Å². The summed E-state index contributed by atoms with van der Waals surface area (Å²) in [6.07, 6.45) is 4.17. The van der Waals surface area contributed by atoms with Gasteiger partial charge in [-0.05, 0) is 70.0 Å². The van der Waals surface area contributed by atoms with Crippen LogP contribution >= 0.6 is 11.3 Å². The van der Waals surface area contributed by atoms with Gasteiger partial charge in [-0.2, -0.15) is 0 Å². The molecule has 3 aliphatic rings. The Morgan fingerprint density at radius 2 is 2.00 bits per heavy atom. The van der Waals surface area contributed by atoms with Gasteiger partial charge in [0.2, 0.25) is 0 Å². The van der Waals surface area contributed by atoms with Crippen LogP contribution in [0.1, 0.15) is 35.0 Å². The Morgan fingerprint density at radius 3 is 2.60 bits per heavy atom. The van der Waals surface area contributed by atoms with Gasteiger partial charge in [-0.25, -0.2) is 4.98 Å². The molecule has 5 rings (SSSR count). The summed E-state index contributed by atoms with van der Waals surface area (Å²) in [4.78, 5) is 20.4. The average Bonchev–Trinajstić information content (AvgIpc) is 3.04. The van der Waals surface area contributed by atoms with Crippen molar-refractivity contribution in [2.24, 2.45) is 5.92 Å². The first-order valence-corrected chi connectivity index (χ1v) is 9.67. The SMILES string of the molecule is Cc1cnc(Oc2ccc(C(=O)N[C@@H]3C4CCN(CC4)[C@H]3C)cc2)s1. The fourth-order valence-electron chi connectivity index (χ4n) is 3.94. The molecule has 3 aliphatic heterocycles. The van der Waals surface area contributed by atoms with Crippen molar-refractivity contribution in [2.45, 2.75) is 38.8 Å². The molecule has 0 saturated carbocycles. The molecule has 3 saturated heterocycles. The number of nitrogens with one attached hydrogen (secondary N) is 1. The number of aryl methyl sites for hydroxylation is 1. The molecule has 6 heteroatoms. The van der Waals surface area contributed by atoms with Crippen LogP contribution in [0.5, 0.6) is 10.9 Å². The molecule has 1 N–H and O–H groups in total. The number of carbonyl (C=O) groups excluding carboxylic acids is 1. The topological polar surface area (TPSA) is 54.5 Å². The molecule has 0 unspecified atom stereocenters. The number of thiazole rings is 1. The Kier molecular flexibility index (Phi) is 4.48. The van der Waals surface area contributed by atoms with Crippen LogP contribution in [0, 0.1) is 12.8 Å². The van der Waals surface area contributed by atoms with E-state index in [0.29, 0.717) is 28.5 Å². The van der Waals surface area contributed by atoms with Gasteiger partial charge < -0.3 is 10.1 Å². The number of amides is 1. The molecule has 1 aromatic heterocycles. The molecule has 132 valence electrons. The minimum Gasteiger partial charge on any atom is -0.431 e. The standard InChI is InChI=1S/C19H23N3O2S/c1-12-11-20-19(25-12)24-16-5-3-15(4-6-16)18(23)21-17-13(2)22-9-7-14(17)8-10-22/h3-6,11,13-14,17H,7-10H2,1-2H3,(H,21,23)/t13-,17-/m0/s1. The minimum atomic E-state index is 0.00208. The number of benzene rings is 1. The van der Waals surface area contributed by atoms with E-state index in [4.69, 9.17) is 4.74 Å². The Morgan fingerprint density at radius 1 is 1.28 bits per heavy atom. The highest BCUT2D eigenvalue weighted by atomic mass is 32.1. The molecule has 1 amide bonds. The fraction of sp³-hybridized carbons (Fsp3) is 0.474. The number of nitrogens with zero attached hydrogens (tertiary/aromatic N) is 2. The number of ether oxygens (including phenoxy) is 1. The lowest BCUT2D eigenvalue weighted by atomic mass is 9.79. The predicted molar refractivity (Wildman–Crippen MR) is 98.4 cm³/mol. The van der Waals surface area contributed by atoms with Crippen LogP contribution in [-0.2, 0) is 0 Å². The molecule has 2 atom stereocenters. The Bertz CT molecular complexity index is 748. The summed E-state index contributed by atoms with van der Waals surface area (Å²) in [7, 11) is 0. The molecular formula is C19H23N3O2S. The number of hydrogen-bond acceptors (Lipinski definition) is 5. The lowest BCUT2D eigenvalue weighted by Crippen LogP contribution is -2.62. The number of rotatable bonds is 4. The zero-order valence-corrected chi connectivity index (χ0v) is 15.4. The monoisotopic (exact) mass is 357 g/mol. The van der Waals surface area contributed by atoms with Gasteiger partial charge in [0.25, 0.3) is 11.1 Å². The summed E-state index contributed by atoms with van der Waals surface area (Å²) in [6.45, 7) is 6.55. The zero-order valence-electron chi connectivity index (χ0n) is 14.6. The van der Waals surface area contributed by atoms with Gasteiger partial charge in [0.1, 0.15) is 5.75 Å². The van der Waals surface area contributed by atoms with Crippen LogP contribution in [0.3, 0.4) is 0 Å². The first-order chi connectivity index (χ1) is 12.1. The zero-order chi connectivity index (χ0) is 17.4. The first-order valence-electron chi connectivity index (χ1n) is 8.85. The van der Waals surface area contributed by atoms with Gasteiger partial charge in [-0.3, -0.25) is 9.69 Å². The lowest BCUT2D eigenvalue weighted by Gasteiger charge is -2.49. The van der Waals surface area contributed by atoms with Crippen molar-refractivity contribution in [3.63, 3.8) is 0 Å². The molecule has 2 aromatic rings. The quantitative estimate of drug-likeness (QED) is 0.910. The minimum absolute atomic E-state index is 0.00208. The number of fused-ring (bicyclic) bond motifs is 3. The maximum Gasteiger partial charge on any atom is 0.278 e. The van der Waals surface area contributed by atoms with E-state index in [-0.39, 0.29) is 11.9 Å². The van der Waals surface area contributed by atoms with Crippen molar-refractivity contribution >= 4 is 17.2 Å². The van der Waals surface area contributed by atoms with Crippen LogP contribution in [0.4, 0.5) is 0 Å². The maximum atomic E-state index is 12.6. The van der Waals surface area contributed by atoms with Gasteiger partial charge >= 0.3 is 0 Å². The van der Waals surface area contributed by atoms with Crippen LogP contribution < -0.4 is 10.1 Å². The molecule has 0 aliphatic carbocycles. The first kappa shape index (κ1) is 16.5. The Balaban J connectivity index is 1.40.